The number of carbonyl (C=O) groups is 1. The quantitative estimate of drug-likeness (QED) is 0.343. The zero-order valence-electron chi connectivity index (χ0n) is 8.03. The highest BCUT2D eigenvalue weighted by molar-refractivity contribution is 6.35. The van der Waals surface area contributed by atoms with Gasteiger partial charge in [0.15, 0.2) is 5.71 Å². The molecule has 0 heterocycles. The number of hydrogen-bond acceptors (Lipinski definition) is 5. The van der Waals surface area contributed by atoms with Gasteiger partial charge in [-0.25, -0.2) is 4.79 Å². The zero-order valence-corrected chi connectivity index (χ0v) is 8.03. The molecule has 2 N–H and O–H groups in total. The van der Waals surface area contributed by atoms with Crippen molar-refractivity contribution in [3.05, 3.63) is 39.9 Å². The second-order valence-corrected chi connectivity index (χ2v) is 2.91. The van der Waals surface area contributed by atoms with E-state index in [2.05, 4.69) is 5.16 Å². The maximum atomic E-state index is 10.6. The lowest BCUT2D eigenvalue weighted by molar-refractivity contribution is -0.385. The van der Waals surface area contributed by atoms with Crippen molar-refractivity contribution in [1.29, 1.82) is 0 Å². The molecule has 0 fully saturated rings. The summed E-state index contributed by atoms with van der Waals surface area (Å²) >= 11 is 0. The number of carboxylic acid groups (broad SMARTS) is 1. The smallest absolute Gasteiger partial charge is 0.354 e. The minimum absolute atomic E-state index is 0.183. The van der Waals surface area contributed by atoms with Crippen molar-refractivity contribution >= 4 is 17.4 Å². The van der Waals surface area contributed by atoms with Crippen LogP contribution < -0.4 is 0 Å². The molecule has 1 rings (SSSR count). The minimum atomic E-state index is -1.42. The molecule has 0 saturated carbocycles. The molecular weight excluding hydrogens is 216 g/mol. The van der Waals surface area contributed by atoms with E-state index in [1.165, 1.54) is 18.2 Å². The van der Waals surface area contributed by atoms with Gasteiger partial charge in [-0.3, -0.25) is 10.1 Å². The summed E-state index contributed by atoms with van der Waals surface area (Å²) in [5, 5.41) is 30.2. The van der Waals surface area contributed by atoms with Gasteiger partial charge < -0.3 is 10.3 Å². The molecule has 7 nitrogen and oxygen atoms in total. The number of aliphatic carboxylic acids is 1. The number of oxime groups is 1. The van der Waals surface area contributed by atoms with E-state index >= 15 is 0 Å². The second-order valence-electron chi connectivity index (χ2n) is 2.91. The van der Waals surface area contributed by atoms with Crippen molar-refractivity contribution in [1.82, 2.24) is 0 Å². The lowest BCUT2D eigenvalue weighted by Gasteiger charge is -2.01. The number of nitro groups is 1. The number of carboxylic acids is 1. The molecule has 0 aromatic heterocycles. The average molecular weight is 224 g/mol. The first-order chi connectivity index (χ1) is 7.56. The molecule has 0 spiro atoms. The van der Waals surface area contributed by atoms with Gasteiger partial charge in [0.1, 0.15) is 0 Å². The van der Waals surface area contributed by atoms with E-state index in [9.17, 15) is 14.9 Å². The number of nitro benzene ring substituents is 1. The van der Waals surface area contributed by atoms with Gasteiger partial charge in [-0.15, -0.1) is 0 Å². The van der Waals surface area contributed by atoms with Gasteiger partial charge in [-0.05, 0) is 0 Å². The summed E-state index contributed by atoms with van der Waals surface area (Å²) < 4.78 is 0. The molecule has 1 aromatic rings. The van der Waals surface area contributed by atoms with Crippen molar-refractivity contribution in [2.24, 2.45) is 5.16 Å². The predicted octanol–water partition coefficient (Wildman–Crippen LogP) is 1.05. The first-order valence-electron chi connectivity index (χ1n) is 4.22. The SMILES string of the molecule is O=C(O)C(Cc1ccccc1[N+](=O)[O-])=NO. The highest BCUT2D eigenvalue weighted by Gasteiger charge is 2.18. The normalized spacial score (nSPS) is 11.1. The van der Waals surface area contributed by atoms with Crippen molar-refractivity contribution in [2.75, 3.05) is 0 Å². The van der Waals surface area contributed by atoms with Crippen LogP contribution in [0.15, 0.2) is 29.4 Å². The van der Waals surface area contributed by atoms with Gasteiger partial charge in [-0.1, -0.05) is 23.4 Å². The Balaban J connectivity index is 3.06. The maximum Gasteiger partial charge on any atom is 0.354 e. The number of rotatable bonds is 4. The minimum Gasteiger partial charge on any atom is -0.477 e. The van der Waals surface area contributed by atoms with Crippen LogP contribution in [-0.4, -0.2) is 26.9 Å². The summed E-state index contributed by atoms with van der Waals surface area (Å²) in [6.45, 7) is 0. The Kier molecular flexibility index (Phi) is 3.54. The lowest BCUT2D eigenvalue weighted by atomic mass is 10.1. The molecule has 1 aromatic carbocycles. The molecular formula is C9H8N2O5. The molecule has 0 saturated heterocycles. The van der Waals surface area contributed by atoms with Gasteiger partial charge in [0.2, 0.25) is 0 Å². The van der Waals surface area contributed by atoms with Gasteiger partial charge >= 0.3 is 5.97 Å². The van der Waals surface area contributed by atoms with E-state index in [1.54, 1.807) is 6.07 Å². The molecule has 16 heavy (non-hydrogen) atoms. The standard InChI is InChI=1S/C9H8N2O5/c12-9(13)7(10-14)5-6-3-1-2-4-8(6)11(15)16/h1-4,14H,5H2,(H,12,13). The third-order valence-electron chi connectivity index (χ3n) is 1.91. The third-order valence-corrected chi connectivity index (χ3v) is 1.91. The van der Waals surface area contributed by atoms with Crippen LogP contribution in [0.3, 0.4) is 0 Å². The molecule has 84 valence electrons. The van der Waals surface area contributed by atoms with Gasteiger partial charge in [0.05, 0.1) is 4.92 Å². The van der Waals surface area contributed by atoms with Crippen LogP contribution in [0, 0.1) is 10.1 Å². The topological polar surface area (TPSA) is 113 Å². The van der Waals surface area contributed by atoms with Crippen LogP contribution in [0.1, 0.15) is 5.56 Å². The number of benzene rings is 1. The maximum absolute atomic E-state index is 10.6. The fraction of sp³-hybridized carbons (Fsp3) is 0.111. The molecule has 0 aliphatic rings. The van der Waals surface area contributed by atoms with E-state index in [0.717, 1.165) is 0 Å². The van der Waals surface area contributed by atoms with E-state index in [1.807, 2.05) is 0 Å². The first-order valence-corrected chi connectivity index (χ1v) is 4.22. The summed E-state index contributed by atoms with van der Waals surface area (Å²) in [7, 11) is 0. The Bertz CT molecular complexity index is 455. The van der Waals surface area contributed by atoms with E-state index in [4.69, 9.17) is 10.3 Å². The Morgan fingerprint density at radius 2 is 2.06 bits per heavy atom. The molecule has 0 amide bonds. The van der Waals surface area contributed by atoms with Crippen molar-refractivity contribution < 1.29 is 20.0 Å². The van der Waals surface area contributed by atoms with E-state index in [-0.39, 0.29) is 17.7 Å². The van der Waals surface area contributed by atoms with Crippen LogP contribution >= 0.6 is 0 Å². The average Bonchev–Trinajstić information content (AvgIpc) is 2.25. The Morgan fingerprint density at radius 3 is 2.56 bits per heavy atom. The van der Waals surface area contributed by atoms with E-state index < -0.39 is 16.6 Å². The molecule has 0 aliphatic heterocycles. The monoisotopic (exact) mass is 224 g/mol. The van der Waals surface area contributed by atoms with E-state index in [0.29, 0.717) is 0 Å². The summed E-state index contributed by atoms with van der Waals surface area (Å²) in [6, 6.07) is 5.68. The molecule has 7 heteroatoms. The van der Waals surface area contributed by atoms with Crippen LogP contribution in [0.25, 0.3) is 0 Å². The van der Waals surface area contributed by atoms with Crippen molar-refractivity contribution in [2.45, 2.75) is 6.42 Å². The predicted molar refractivity (Wildman–Crippen MR) is 53.7 cm³/mol. The molecule has 0 unspecified atom stereocenters. The number of nitrogens with zero attached hydrogens (tertiary/aromatic N) is 2. The third kappa shape index (κ3) is 2.53. The van der Waals surface area contributed by atoms with Crippen molar-refractivity contribution in [3.8, 4) is 0 Å². The highest BCUT2D eigenvalue weighted by atomic mass is 16.6. The first kappa shape index (κ1) is 11.6. The largest absolute Gasteiger partial charge is 0.477 e. The van der Waals surface area contributed by atoms with Gasteiger partial charge in [0.25, 0.3) is 5.69 Å². The molecule has 0 radical (unpaired) electrons. The van der Waals surface area contributed by atoms with Crippen molar-refractivity contribution in [3.63, 3.8) is 0 Å². The van der Waals surface area contributed by atoms with Gasteiger partial charge in [-0.2, -0.15) is 0 Å². The highest BCUT2D eigenvalue weighted by Crippen LogP contribution is 2.18. The molecule has 0 aliphatic carbocycles. The molecule has 0 atom stereocenters. The zero-order chi connectivity index (χ0) is 12.1. The summed E-state index contributed by atoms with van der Waals surface area (Å²) in [6.07, 6.45) is -0.303. The van der Waals surface area contributed by atoms with Crippen LogP contribution in [0.4, 0.5) is 5.69 Å². The fourth-order valence-corrected chi connectivity index (χ4v) is 1.17. The Labute approximate surface area is 89.8 Å². The summed E-state index contributed by atoms with van der Waals surface area (Å²) in [5.41, 5.74) is -0.568. The second kappa shape index (κ2) is 4.87. The van der Waals surface area contributed by atoms with Crippen LogP contribution in [0.2, 0.25) is 0 Å². The number of hydrogen-bond donors (Lipinski definition) is 2. The lowest BCUT2D eigenvalue weighted by Crippen LogP contribution is -2.16. The Hall–Kier alpha value is -2.44. The summed E-state index contributed by atoms with van der Waals surface area (Å²) in [5.74, 6) is -1.42. The van der Waals surface area contributed by atoms with Crippen LogP contribution in [-0.2, 0) is 11.2 Å². The Morgan fingerprint density at radius 1 is 1.44 bits per heavy atom. The number of para-hydroxylation sites is 1. The molecule has 0 bridgehead atoms. The van der Waals surface area contributed by atoms with Crippen LogP contribution in [0.5, 0.6) is 0 Å². The fourth-order valence-electron chi connectivity index (χ4n) is 1.17. The summed E-state index contributed by atoms with van der Waals surface area (Å²) in [4.78, 5) is 20.6. The van der Waals surface area contributed by atoms with Gasteiger partial charge in [0, 0.05) is 18.1 Å².